The molecule has 0 aromatic carbocycles. The van der Waals surface area contributed by atoms with Crippen LogP contribution in [0.15, 0.2) is 41.3 Å². The number of hydrogen-bond donors (Lipinski definition) is 1. The number of aryl methyl sites for hydroxylation is 2. The number of nitrogens with one attached hydrogen (secondary N) is 1. The third-order valence-electron chi connectivity index (χ3n) is 3.29. The lowest BCUT2D eigenvalue weighted by atomic mass is 10.2. The Morgan fingerprint density at radius 2 is 2.18 bits per heavy atom. The maximum absolute atomic E-state index is 12.1. The molecule has 3 heterocycles. The molecule has 0 saturated heterocycles. The van der Waals surface area contributed by atoms with Crippen LogP contribution in [0.25, 0.3) is 11.5 Å². The Morgan fingerprint density at radius 3 is 2.86 bits per heavy atom. The van der Waals surface area contributed by atoms with Gasteiger partial charge < -0.3 is 9.73 Å². The minimum Gasteiger partial charge on any atom is -0.463 e. The second-order valence-corrected chi connectivity index (χ2v) is 4.81. The van der Waals surface area contributed by atoms with Crippen molar-refractivity contribution in [1.82, 2.24) is 25.1 Å². The van der Waals surface area contributed by atoms with E-state index in [0.717, 1.165) is 5.69 Å². The first-order valence-corrected chi connectivity index (χ1v) is 6.78. The van der Waals surface area contributed by atoms with Crippen LogP contribution in [-0.2, 0) is 13.6 Å². The molecule has 0 saturated carbocycles. The van der Waals surface area contributed by atoms with Crippen molar-refractivity contribution in [2.75, 3.05) is 0 Å². The number of furan rings is 1. The Morgan fingerprint density at radius 1 is 1.36 bits per heavy atom. The molecule has 0 bridgehead atoms. The molecule has 3 rings (SSSR count). The molecule has 0 aliphatic rings. The number of rotatable bonds is 4. The number of carbonyl (C=O) groups excluding carboxylic acids is 1. The molecule has 0 spiro atoms. The van der Waals surface area contributed by atoms with Crippen LogP contribution in [0, 0.1) is 6.92 Å². The van der Waals surface area contributed by atoms with Gasteiger partial charge in [-0.1, -0.05) is 0 Å². The molecule has 1 amide bonds. The molecule has 7 nitrogen and oxygen atoms in total. The zero-order chi connectivity index (χ0) is 15.5. The average Bonchev–Trinajstić information content (AvgIpc) is 3.16. The summed E-state index contributed by atoms with van der Waals surface area (Å²) >= 11 is 0. The van der Waals surface area contributed by atoms with Gasteiger partial charge in [0.25, 0.3) is 5.91 Å². The Kier molecular flexibility index (Phi) is 3.69. The SMILES string of the molecule is Cc1cc(C(=O)NCc2nccnc2-c2ccco2)nn1C. The van der Waals surface area contributed by atoms with Crippen LogP contribution in [0.3, 0.4) is 0 Å². The van der Waals surface area contributed by atoms with E-state index in [1.807, 2.05) is 6.92 Å². The molecule has 0 radical (unpaired) electrons. The Bertz CT molecular complexity index is 773. The average molecular weight is 297 g/mol. The van der Waals surface area contributed by atoms with Crippen molar-refractivity contribution < 1.29 is 9.21 Å². The van der Waals surface area contributed by atoms with Gasteiger partial charge in [-0.3, -0.25) is 14.5 Å². The Hall–Kier alpha value is -2.96. The third-order valence-corrected chi connectivity index (χ3v) is 3.29. The van der Waals surface area contributed by atoms with Crippen LogP contribution in [-0.4, -0.2) is 25.7 Å². The van der Waals surface area contributed by atoms with E-state index in [9.17, 15) is 4.79 Å². The first-order valence-electron chi connectivity index (χ1n) is 6.78. The van der Waals surface area contributed by atoms with Gasteiger partial charge in [-0.25, -0.2) is 4.98 Å². The molecule has 112 valence electrons. The largest absolute Gasteiger partial charge is 0.463 e. The fourth-order valence-corrected chi connectivity index (χ4v) is 2.04. The predicted molar refractivity (Wildman–Crippen MR) is 78.8 cm³/mol. The van der Waals surface area contributed by atoms with Gasteiger partial charge in [0.05, 0.1) is 18.5 Å². The highest BCUT2D eigenvalue weighted by atomic mass is 16.3. The van der Waals surface area contributed by atoms with Gasteiger partial charge in [0.1, 0.15) is 11.4 Å². The molecule has 22 heavy (non-hydrogen) atoms. The highest BCUT2D eigenvalue weighted by molar-refractivity contribution is 5.92. The van der Waals surface area contributed by atoms with E-state index in [-0.39, 0.29) is 12.5 Å². The number of carbonyl (C=O) groups is 1. The predicted octanol–water partition coefficient (Wildman–Crippen LogP) is 1.71. The summed E-state index contributed by atoms with van der Waals surface area (Å²) in [6.07, 6.45) is 4.74. The number of nitrogens with zero attached hydrogens (tertiary/aromatic N) is 4. The first kappa shape index (κ1) is 14.0. The second kappa shape index (κ2) is 5.80. The lowest BCUT2D eigenvalue weighted by Crippen LogP contribution is -2.24. The molecule has 1 N–H and O–H groups in total. The smallest absolute Gasteiger partial charge is 0.272 e. The van der Waals surface area contributed by atoms with E-state index in [2.05, 4.69) is 20.4 Å². The lowest BCUT2D eigenvalue weighted by Gasteiger charge is -2.06. The highest BCUT2D eigenvalue weighted by Gasteiger charge is 2.14. The van der Waals surface area contributed by atoms with E-state index in [4.69, 9.17) is 4.42 Å². The van der Waals surface area contributed by atoms with Crippen molar-refractivity contribution >= 4 is 5.91 Å². The second-order valence-electron chi connectivity index (χ2n) is 4.81. The van der Waals surface area contributed by atoms with Gasteiger partial charge in [0.15, 0.2) is 5.76 Å². The van der Waals surface area contributed by atoms with E-state index >= 15 is 0 Å². The number of aromatic nitrogens is 4. The summed E-state index contributed by atoms with van der Waals surface area (Å²) in [5, 5.41) is 6.94. The van der Waals surface area contributed by atoms with Gasteiger partial charge in [-0.15, -0.1) is 0 Å². The van der Waals surface area contributed by atoms with Crippen LogP contribution in [0.4, 0.5) is 0 Å². The van der Waals surface area contributed by atoms with Gasteiger partial charge in [0, 0.05) is 25.1 Å². The molecule has 0 aliphatic heterocycles. The maximum atomic E-state index is 12.1. The molecular weight excluding hydrogens is 282 g/mol. The van der Waals surface area contributed by atoms with Gasteiger partial charge in [-0.2, -0.15) is 5.10 Å². The lowest BCUT2D eigenvalue weighted by molar-refractivity contribution is 0.0944. The molecule has 3 aromatic heterocycles. The van der Waals surface area contributed by atoms with Gasteiger partial charge in [-0.05, 0) is 25.1 Å². The summed E-state index contributed by atoms with van der Waals surface area (Å²) in [5.41, 5.74) is 2.55. The summed E-state index contributed by atoms with van der Waals surface area (Å²) < 4.78 is 7.00. The van der Waals surface area contributed by atoms with Crippen molar-refractivity contribution in [3.8, 4) is 11.5 Å². The van der Waals surface area contributed by atoms with Crippen LogP contribution in [0.2, 0.25) is 0 Å². The van der Waals surface area contributed by atoms with E-state index in [1.54, 1.807) is 48.6 Å². The molecule has 0 aliphatic carbocycles. The maximum Gasteiger partial charge on any atom is 0.272 e. The van der Waals surface area contributed by atoms with Crippen LogP contribution in [0.1, 0.15) is 21.9 Å². The molecule has 3 aromatic rings. The summed E-state index contributed by atoms with van der Waals surface area (Å²) in [6, 6.07) is 5.32. The number of hydrogen-bond acceptors (Lipinski definition) is 5. The van der Waals surface area contributed by atoms with E-state index in [0.29, 0.717) is 22.8 Å². The van der Waals surface area contributed by atoms with E-state index in [1.165, 1.54) is 0 Å². The zero-order valence-corrected chi connectivity index (χ0v) is 12.3. The van der Waals surface area contributed by atoms with Crippen molar-refractivity contribution in [3.63, 3.8) is 0 Å². The van der Waals surface area contributed by atoms with Gasteiger partial charge >= 0.3 is 0 Å². The van der Waals surface area contributed by atoms with Crippen molar-refractivity contribution in [2.45, 2.75) is 13.5 Å². The Balaban J connectivity index is 1.76. The molecule has 0 fully saturated rings. The molecule has 7 heteroatoms. The van der Waals surface area contributed by atoms with Gasteiger partial charge in [0.2, 0.25) is 0 Å². The van der Waals surface area contributed by atoms with Crippen LogP contribution in [0.5, 0.6) is 0 Å². The van der Waals surface area contributed by atoms with Crippen molar-refractivity contribution in [3.05, 3.63) is 53.9 Å². The monoisotopic (exact) mass is 297 g/mol. The fourth-order valence-electron chi connectivity index (χ4n) is 2.04. The normalized spacial score (nSPS) is 10.6. The summed E-state index contributed by atoms with van der Waals surface area (Å²) in [7, 11) is 1.80. The fraction of sp³-hybridized carbons (Fsp3) is 0.200. The first-order chi connectivity index (χ1) is 10.6. The quantitative estimate of drug-likeness (QED) is 0.792. The topological polar surface area (TPSA) is 85.8 Å². The molecule has 0 atom stereocenters. The highest BCUT2D eigenvalue weighted by Crippen LogP contribution is 2.19. The third kappa shape index (κ3) is 2.73. The minimum atomic E-state index is -0.250. The van der Waals surface area contributed by atoms with Crippen molar-refractivity contribution in [1.29, 1.82) is 0 Å². The molecule has 0 unspecified atom stereocenters. The summed E-state index contributed by atoms with van der Waals surface area (Å²) in [5.74, 6) is 0.366. The number of amides is 1. The molecular formula is C15H15N5O2. The summed E-state index contributed by atoms with van der Waals surface area (Å²) in [6.45, 7) is 2.14. The minimum absolute atomic E-state index is 0.248. The summed E-state index contributed by atoms with van der Waals surface area (Å²) in [4.78, 5) is 20.6. The Labute approximate surface area is 127 Å². The zero-order valence-electron chi connectivity index (χ0n) is 12.3. The van der Waals surface area contributed by atoms with Crippen molar-refractivity contribution in [2.24, 2.45) is 7.05 Å². The van der Waals surface area contributed by atoms with Crippen LogP contribution < -0.4 is 5.32 Å². The standard InChI is InChI=1S/C15H15N5O2/c1-10-8-11(19-20(10)2)15(21)18-9-12-14(17-6-5-16-12)13-4-3-7-22-13/h3-8H,9H2,1-2H3,(H,18,21). The van der Waals surface area contributed by atoms with Crippen LogP contribution >= 0.6 is 0 Å². The van der Waals surface area contributed by atoms with E-state index < -0.39 is 0 Å².